The maximum absolute atomic E-state index is 14.3. The van der Waals surface area contributed by atoms with Gasteiger partial charge in [0.25, 0.3) is 5.91 Å². The van der Waals surface area contributed by atoms with E-state index in [1.807, 2.05) is 11.4 Å². The molecule has 9 nitrogen and oxygen atoms in total. The molecule has 1 atom stereocenters. The average Bonchev–Trinajstić information content (AvgIpc) is 3.72. The number of benzene rings is 1. The third-order valence-electron chi connectivity index (χ3n) is 7.06. The second-order valence-electron chi connectivity index (χ2n) is 9.79. The summed E-state index contributed by atoms with van der Waals surface area (Å²) in [5, 5.41) is 1.73. The van der Waals surface area contributed by atoms with E-state index in [0.29, 0.717) is 50.0 Å². The van der Waals surface area contributed by atoms with E-state index in [1.54, 1.807) is 21.6 Å². The molecule has 1 aromatic carbocycles. The molecule has 2 aromatic heterocycles. The molecule has 0 spiro atoms. The number of thiophene rings is 1. The van der Waals surface area contributed by atoms with E-state index in [-0.39, 0.29) is 29.3 Å². The van der Waals surface area contributed by atoms with E-state index in [4.69, 9.17) is 9.47 Å². The van der Waals surface area contributed by atoms with Crippen molar-refractivity contribution in [2.45, 2.75) is 42.9 Å². The Labute approximate surface area is 232 Å². The topological polar surface area (TPSA) is 94.0 Å². The zero-order valence-corrected chi connectivity index (χ0v) is 23.3. The van der Waals surface area contributed by atoms with Crippen LogP contribution in [0.25, 0.3) is 0 Å². The second kappa shape index (κ2) is 12.7. The molecule has 210 valence electrons. The van der Waals surface area contributed by atoms with Gasteiger partial charge in [-0.05, 0) is 30.4 Å². The van der Waals surface area contributed by atoms with Crippen LogP contribution in [0.1, 0.15) is 33.8 Å². The van der Waals surface area contributed by atoms with Crippen molar-refractivity contribution >= 4 is 27.1 Å². The predicted molar refractivity (Wildman–Crippen MR) is 145 cm³/mol. The summed E-state index contributed by atoms with van der Waals surface area (Å²) in [5.41, 5.74) is 0.690. The van der Waals surface area contributed by atoms with Crippen LogP contribution >= 0.6 is 11.3 Å². The van der Waals surface area contributed by atoms with Crippen molar-refractivity contribution in [3.63, 3.8) is 0 Å². The van der Waals surface area contributed by atoms with Crippen LogP contribution in [0.2, 0.25) is 0 Å². The molecule has 39 heavy (non-hydrogen) atoms. The first-order valence-electron chi connectivity index (χ1n) is 13.2. The molecule has 3 aromatic rings. The number of sulfone groups is 1. The molecule has 2 aliphatic heterocycles. The number of halogens is 1. The Morgan fingerprint density at radius 1 is 1.15 bits per heavy atom. The van der Waals surface area contributed by atoms with Gasteiger partial charge >= 0.3 is 0 Å². The van der Waals surface area contributed by atoms with Crippen LogP contribution < -0.4 is 0 Å². The lowest BCUT2D eigenvalue weighted by atomic mass is 10.2. The summed E-state index contributed by atoms with van der Waals surface area (Å²) < 4.78 is 54.3. The highest BCUT2D eigenvalue weighted by atomic mass is 32.2. The van der Waals surface area contributed by atoms with E-state index in [0.717, 1.165) is 25.9 Å². The maximum Gasteiger partial charge on any atom is 0.264 e. The number of morpholine rings is 1. The van der Waals surface area contributed by atoms with Crippen LogP contribution in [0.3, 0.4) is 0 Å². The van der Waals surface area contributed by atoms with Crippen molar-refractivity contribution in [1.29, 1.82) is 0 Å². The van der Waals surface area contributed by atoms with Crippen LogP contribution in [-0.4, -0.2) is 85.8 Å². The molecule has 1 amide bonds. The van der Waals surface area contributed by atoms with E-state index < -0.39 is 21.4 Å². The number of hydrogen-bond acceptors (Lipinski definition) is 8. The van der Waals surface area contributed by atoms with Crippen molar-refractivity contribution in [2.75, 3.05) is 46.0 Å². The minimum absolute atomic E-state index is 0.0886. The van der Waals surface area contributed by atoms with E-state index in [1.165, 1.54) is 35.7 Å². The van der Waals surface area contributed by atoms with E-state index in [2.05, 4.69) is 9.88 Å². The molecule has 2 saturated heterocycles. The van der Waals surface area contributed by atoms with Gasteiger partial charge in [-0.2, -0.15) is 0 Å². The molecular weight excluding hydrogens is 543 g/mol. The number of hydrogen-bond donors (Lipinski definition) is 0. The minimum Gasteiger partial charge on any atom is -0.379 e. The normalized spacial score (nSPS) is 18.4. The fraction of sp³-hybridized carbons (Fsp3) is 0.481. The average molecular weight is 577 g/mol. The molecule has 1 unspecified atom stereocenters. The summed E-state index contributed by atoms with van der Waals surface area (Å²) in [5.74, 6) is -1.19. The lowest BCUT2D eigenvalue weighted by Crippen LogP contribution is -2.43. The molecule has 0 N–H and O–H groups in total. The number of aromatic nitrogens is 2. The highest BCUT2D eigenvalue weighted by Gasteiger charge is 2.29. The van der Waals surface area contributed by atoms with Crippen molar-refractivity contribution in [1.82, 2.24) is 19.4 Å². The molecule has 2 fully saturated rings. The van der Waals surface area contributed by atoms with E-state index >= 15 is 0 Å². The Bertz CT molecular complexity index is 1350. The van der Waals surface area contributed by atoms with Crippen LogP contribution in [0, 0.1) is 5.82 Å². The highest BCUT2D eigenvalue weighted by Crippen LogP contribution is 2.24. The fourth-order valence-corrected chi connectivity index (χ4v) is 7.13. The number of imidazole rings is 1. The summed E-state index contributed by atoms with van der Waals surface area (Å²) in [4.78, 5) is 22.4. The highest BCUT2D eigenvalue weighted by molar-refractivity contribution is 7.90. The van der Waals surface area contributed by atoms with Crippen LogP contribution in [0.15, 0.2) is 53.1 Å². The molecular formula is C27H33FN4O5S2. The minimum atomic E-state index is -3.98. The molecule has 4 heterocycles. The van der Waals surface area contributed by atoms with Gasteiger partial charge in [-0.3, -0.25) is 9.69 Å². The maximum atomic E-state index is 14.3. The molecule has 5 rings (SSSR count). The van der Waals surface area contributed by atoms with Gasteiger partial charge in [-0.25, -0.2) is 17.8 Å². The summed E-state index contributed by atoms with van der Waals surface area (Å²) in [6.45, 7) is 5.19. The third-order valence-corrected chi connectivity index (χ3v) is 9.49. The first-order valence-corrected chi connectivity index (χ1v) is 15.7. The summed E-state index contributed by atoms with van der Waals surface area (Å²) in [7, 11) is -3.98. The Hall–Kier alpha value is -2.64. The van der Waals surface area contributed by atoms with Crippen molar-refractivity contribution in [2.24, 2.45) is 0 Å². The van der Waals surface area contributed by atoms with Gasteiger partial charge in [0.15, 0.2) is 0 Å². The Kier molecular flexibility index (Phi) is 9.08. The van der Waals surface area contributed by atoms with Crippen LogP contribution in [0.5, 0.6) is 0 Å². The van der Waals surface area contributed by atoms with Crippen LogP contribution in [0.4, 0.5) is 4.39 Å². The Morgan fingerprint density at radius 2 is 1.97 bits per heavy atom. The largest absolute Gasteiger partial charge is 0.379 e. The number of carbonyl (C=O) groups is 1. The lowest BCUT2D eigenvalue weighted by molar-refractivity contribution is 0.0319. The zero-order valence-electron chi connectivity index (χ0n) is 21.7. The Balaban J connectivity index is 1.43. The SMILES string of the molecule is O=C(c1cccs1)N(CCN1CCOCC1)Cc1cnc(S(=O)(=O)Cc2ccccc2F)n1CC1CCCO1. The van der Waals surface area contributed by atoms with Gasteiger partial charge < -0.3 is 18.9 Å². The lowest BCUT2D eigenvalue weighted by Gasteiger charge is -2.30. The fourth-order valence-electron chi connectivity index (χ4n) is 4.93. The number of amides is 1. The van der Waals surface area contributed by atoms with Gasteiger partial charge in [-0.15, -0.1) is 11.3 Å². The monoisotopic (exact) mass is 576 g/mol. The van der Waals surface area contributed by atoms with Crippen molar-refractivity contribution < 1.29 is 27.1 Å². The van der Waals surface area contributed by atoms with Gasteiger partial charge in [-0.1, -0.05) is 24.3 Å². The third kappa shape index (κ3) is 6.93. The van der Waals surface area contributed by atoms with Gasteiger partial charge in [0.1, 0.15) is 5.82 Å². The van der Waals surface area contributed by atoms with Crippen molar-refractivity contribution in [3.8, 4) is 0 Å². The van der Waals surface area contributed by atoms with Gasteiger partial charge in [0.05, 0.1) is 54.9 Å². The molecule has 12 heteroatoms. The van der Waals surface area contributed by atoms with Gasteiger partial charge in [0.2, 0.25) is 15.0 Å². The first-order chi connectivity index (χ1) is 18.9. The first kappa shape index (κ1) is 27.9. The number of carbonyl (C=O) groups excluding carboxylic acids is 1. The standard InChI is InChI=1S/C27H33FN4O5S2/c28-24-7-2-1-5-21(24)20-39(34,35)27-29-17-22(32(27)19-23-6-3-13-37-23)18-31(26(33)25-8-4-16-38-25)10-9-30-11-14-36-15-12-30/h1-2,4-5,7-8,16-17,23H,3,6,9-15,18-20H2. The predicted octanol–water partition coefficient (Wildman–Crippen LogP) is 3.21. The number of rotatable bonds is 11. The van der Waals surface area contributed by atoms with Gasteiger partial charge in [0, 0.05) is 38.3 Å². The Morgan fingerprint density at radius 3 is 2.69 bits per heavy atom. The van der Waals surface area contributed by atoms with Crippen molar-refractivity contribution in [3.05, 3.63) is 69.9 Å². The summed E-state index contributed by atoms with van der Waals surface area (Å²) in [6, 6.07) is 9.49. The zero-order chi connectivity index (χ0) is 27.2. The molecule has 0 saturated carbocycles. The second-order valence-corrected chi connectivity index (χ2v) is 12.6. The summed E-state index contributed by atoms with van der Waals surface area (Å²) >= 11 is 1.38. The number of ether oxygens (including phenoxy) is 2. The number of nitrogens with zero attached hydrogens (tertiary/aromatic N) is 4. The molecule has 0 aliphatic carbocycles. The molecule has 0 radical (unpaired) electrons. The molecule has 2 aliphatic rings. The quantitative estimate of drug-likeness (QED) is 0.346. The van der Waals surface area contributed by atoms with E-state index in [9.17, 15) is 17.6 Å². The molecule has 0 bridgehead atoms. The van der Waals surface area contributed by atoms with Crippen LogP contribution in [-0.2, 0) is 38.2 Å². The smallest absolute Gasteiger partial charge is 0.264 e. The summed E-state index contributed by atoms with van der Waals surface area (Å²) in [6.07, 6.45) is 3.07.